The van der Waals surface area contributed by atoms with Crippen molar-refractivity contribution < 1.29 is 13.2 Å². The van der Waals surface area contributed by atoms with Crippen molar-refractivity contribution in [2.75, 3.05) is 13.1 Å². The van der Waals surface area contributed by atoms with Crippen LogP contribution in [0.3, 0.4) is 0 Å². The molecule has 1 aromatic heterocycles. The van der Waals surface area contributed by atoms with Gasteiger partial charge in [-0.3, -0.25) is 4.79 Å². The normalized spacial score (nSPS) is 18.8. The van der Waals surface area contributed by atoms with Crippen LogP contribution in [0.2, 0.25) is 0 Å². The van der Waals surface area contributed by atoms with Crippen LogP contribution >= 0.6 is 11.3 Å². The van der Waals surface area contributed by atoms with Gasteiger partial charge in [0.1, 0.15) is 4.21 Å². The van der Waals surface area contributed by atoms with E-state index in [1.165, 1.54) is 11.3 Å². The predicted octanol–water partition coefficient (Wildman–Crippen LogP) is 2.41. The summed E-state index contributed by atoms with van der Waals surface area (Å²) in [5, 5.41) is 1.81. The van der Waals surface area contributed by atoms with Gasteiger partial charge in [-0.2, -0.15) is 4.31 Å². The van der Waals surface area contributed by atoms with Gasteiger partial charge < -0.3 is 5.73 Å². The molecule has 24 heavy (non-hydrogen) atoms. The number of sulfonamides is 1. The zero-order chi connectivity index (χ0) is 17.3. The molecule has 1 aliphatic heterocycles. The number of aryl methyl sites for hydroxylation is 1. The van der Waals surface area contributed by atoms with Crippen molar-refractivity contribution in [3.63, 3.8) is 0 Å². The molecule has 1 fully saturated rings. The van der Waals surface area contributed by atoms with Crippen molar-refractivity contribution in [1.29, 1.82) is 0 Å². The third-order valence-corrected chi connectivity index (χ3v) is 7.90. The highest BCUT2D eigenvalue weighted by atomic mass is 32.2. The van der Waals surface area contributed by atoms with E-state index in [0.29, 0.717) is 22.9 Å². The Morgan fingerprint density at radius 2 is 2.17 bits per heavy atom. The fraction of sp³-hybridized carbons (Fsp3) is 0.353. The van der Waals surface area contributed by atoms with Gasteiger partial charge in [-0.25, -0.2) is 8.42 Å². The molecule has 5 nitrogen and oxygen atoms in total. The second kappa shape index (κ2) is 6.66. The van der Waals surface area contributed by atoms with Crippen LogP contribution in [0.25, 0.3) is 0 Å². The number of amides is 1. The molecule has 0 saturated carbocycles. The zero-order valence-corrected chi connectivity index (χ0v) is 15.1. The molecular formula is C17H20N2O3S2. The Morgan fingerprint density at radius 1 is 1.38 bits per heavy atom. The summed E-state index contributed by atoms with van der Waals surface area (Å²) in [5.74, 6) is -0.191. The Balaban J connectivity index is 1.71. The van der Waals surface area contributed by atoms with Crippen LogP contribution < -0.4 is 5.73 Å². The zero-order valence-electron chi connectivity index (χ0n) is 13.4. The molecular weight excluding hydrogens is 344 g/mol. The summed E-state index contributed by atoms with van der Waals surface area (Å²) >= 11 is 1.27. The van der Waals surface area contributed by atoms with Crippen LogP contribution in [0.15, 0.2) is 39.9 Å². The van der Waals surface area contributed by atoms with E-state index in [2.05, 4.69) is 0 Å². The number of carbonyl (C=O) groups is 1. The number of nitrogens with two attached hydrogens (primary N) is 1. The molecule has 2 N–H and O–H groups in total. The van der Waals surface area contributed by atoms with Crippen molar-refractivity contribution in [2.45, 2.75) is 24.0 Å². The van der Waals surface area contributed by atoms with Gasteiger partial charge in [0.05, 0.1) is 0 Å². The van der Waals surface area contributed by atoms with E-state index in [4.69, 9.17) is 5.73 Å². The van der Waals surface area contributed by atoms with Gasteiger partial charge in [-0.1, -0.05) is 12.1 Å². The largest absolute Gasteiger partial charge is 0.366 e. The minimum atomic E-state index is -3.40. The second-order valence-electron chi connectivity index (χ2n) is 6.18. The highest BCUT2D eigenvalue weighted by Crippen LogP contribution is 2.30. The maximum absolute atomic E-state index is 12.7. The molecule has 0 radical (unpaired) electrons. The van der Waals surface area contributed by atoms with Crippen LogP contribution in [0.4, 0.5) is 0 Å². The minimum Gasteiger partial charge on any atom is -0.366 e. The van der Waals surface area contributed by atoms with Crippen LogP contribution in [0, 0.1) is 12.8 Å². The second-order valence-corrected chi connectivity index (χ2v) is 9.23. The lowest BCUT2D eigenvalue weighted by molar-refractivity contribution is 0.1000. The number of carbonyl (C=O) groups excluding carboxylic acids is 1. The van der Waals surface area contributed by atoms with Gasteiger partial charge in [0, 0.05) is 18.7 Å². The molecule has 1 amide bonds. The number of hydrogen-bond donors (Lipinski definition) is 1. The molecule has 1 saturated heterocycles. The minimum absolute atomic E-state index is 0.253. The van der Waals surface area contributed by atoms with Crippen LogP contribution in [-0.4, -0.2) is 31.7 Å². The van der Waals surface area contributed by atoms with Crippen molar-refractivity contribution in [1.82, 2.24) is 4.31 Å². The van der Waals surface area contributed by atoms with Crippen molar-refractivity contribution >= 4 is 27.3 Å². The Morgan fingerprint density at radius 3 is 2.83 bits per heavy atom. The summed E-state index contributed by atoms with van der Waals surface area (Å²) < 4.78 is 27.5. The van der Waals surface area contributed by atoms with Gasteiger partial charge in [-0.15, -0.1) is 11.3 Å². The molecule has 0 bridgehead atoms. The molecule has 7 heteroatoms. The molecule has 1 atom stereocenters. The SMILES string of the molecule is Cc1ccsc1S(=O)(=O)N1CC[C@H](Cc2cccc(C(N)=O)c2)C1. The first kappa shape index (κ1) is 17.1. The van der Waals surface area contributed by atoms with E-state index in [9.17, 15) is 13.2 Å². The average Bonchev–Trinajstić information content (AvgIpc) is 3.17. The molecule has 128 valence electrons. The maximum Gasteiger partial charge on any atom is 0.252 e. The fourth-order valence-corrected chi connectivity index (χ4v) is 6.19. The van der Waals surface area contributed by atoms with E-state index in [1.54, 1.807) is 16.4 Å². The van der Waals surface area contributed by atoms with Gasteiger partial charge in [-0.05, 0) is 60.4 Å². The van der Waals surface area contributed by atoms with Gasteiger partial charge in [0.2, 0.25) is 5.91 Å². The van der Waals surface area contributed by atoms with Gasteiger partial charge in [0.25, 0.3) is 10.0 Å². The summed E-state index contributed by atoms with van der Waals surface area (Å²) in [4.78, 5) is 11.3. The van der Waals surface area contributed by atoms with Gasteiger partial charge >= 0.3 is 0 Å². The standard InChI is InChI=1S/C17H20N2O3S2/c1-12-6-8-23-17(12)24(21,22)19-7-5-14(11-19)9-13-3-2-4-15(10-13)16(18)20/h2-4,6,8,10,14H,5,7,9,11H2,1H3,(H2,18,20)/t14-/m1/s1. The molecule has 3 rings (SSSR count). The quantitative estimate of drug-likeness (QED) is 0.885. The highest BCUT2D eigenvalue weighted by molar-refractivity contribution is 7.91. The predicted molar refractivity (Wildman–Crippen MR) is 94.6 cm³/mol. The Bertz CT molecular complexity index is 858. The molecule has 0 unspecified atom stereocenters. The first-order chi connectivity index (χ1) is 11.4. The maximum atomic E-state index is 12.7. The van der Waals surface area contributed by atoms with E-state index in [0.717, 1.165) is 24.0 Å². The lowest BCUT2D eigenvalue weighted by atomic mass is 9.97. The van der Waals surface area contributed by atoms with Gasteiger partial charge in [0.15, 0.2) is 0 Å². The first-order valence-electron chi connectivity index (χ1n) is 7.81. The monoisotopic (exact) mass is 364 g/mol. The van der Waals surface area contributed by atoms with E-state index < -0.39 is 15.9 Å². The molecule has 1 aliphatic rings. The van der Waals surface area contributed by atoms with Crippen LogP contribution in [0.5, 0.6) is 0 Å². The number of hydrogen-bond acceptors (Lipinski definition) is 4. The third-order valence-electron chi connectivity index (χ3n) is 4.37. The number of rotatable bonds is 5. The summed E-state index contributed by atoms with van der Waals surface area (Å²) in [7, 11) is -3.40. The lowest BCUT2D eigenvalue weighted by Crippen LogP contribution is -2.29. The van der Waals surface area contributed by atoms with Crippen molar-refractivity contribution in [3.8, 4) is 0 Å². The van der Waals surface area contributed by atoms with Crippen LogP contribution in [0.1, 0.15) is 27.9 Å². The number of benzene rings is 1. The Kier molecular flexibility index (Phi) is 4.76. The highest BCUT2D eigenvalue weighted by Gasteiger charge is 2.34. The van der Waals surface area contributed by atoms with E-state index in [1.807, 2.05) is 30.5 Å². The summed E-state index contributed by atoms with van der Waals surface area (Å²) in [6, 6.07) is 9.08. The van der Waals surface area contributed by atoms with Crippen molar-refractivity contribution in [2.24, 2.45) is 11.7 Å². The summed E-state index contributed by atoms with van der Waals surface area (Å²) in [5.41, 5.74) is 7.62. The van der Waals surface area contributed by atoms with Crippen LogP contribution in [-0.2, 0) is 16.4 Å². The van der Waals surface area contributed by atoms with E-state index in [-0.39, 0.29) is 5.92 Å². The fourth-order valence-electron chi connectivity index (χ4n) is 3.11. The Hall–Kier alpha value is -1.70. The molecule has 2 heterocycles. The topological polar surface area (TPSA) is 80.5 Å². The molecule has 1 aromatic carbocycles. The average molecular weight is 364 g/mol. The number of nitrogens with zero attached hydrogens (tertiary/aromatic N) is 1. The lowest BCUT2D eigenvalue weighted by Gasteiger charge is -2.16. The van der Waals surface area contributed by atoms with Crippen molar-refractivity contribution in [3.05, 3.63) is 52.4 Å². The summed E-state index contributed by atoms with van der Waals surface area (Å²) in [6.45, 7) is 2.88. The molecule has 2 aromatic rings. The number of thiophene rings is 1. The molecule has 0 aliphatic carbocycles. The smallest absolute Gasteiger partial charge is 0.252 e. The Labute approximate surface area is 146 Å². The van der Waals surface area contributed by atoms with E-state index >= 15 is 0 Å². The number of primary amides is 1. The summed E-state index contributed by atoms with van der Waals surface area (Å²) in [6.07, 6.45) is 1.57. The third kappa shape index (κ3) is 3.38. The molecule has 0 spiro atoms. The first-order valence-corrected chi connectivity index (χ1v) is 10.1.